The Kier molecular flexibility index (Phi) is 6.74. The van der Waals surface area contributed by atoms with Crippen LogP contribution in [0.5, 0.6) is 0 Å². The van der Waals surface area contributed by atoms with Gasteiger partial charge >= 0.3 is 0 Å². The summed E-state index contributed by atoms with van der Waals surface area (Å²) in [6.45, 7) is 6.16. The van der Waals surface area contributed by atoms with Gasteiger partial charge in [-0.3, -0.25) is 4.79 Å². The number of hydrogen-bond donors (Lipinski definition) is 2. The third-order valence-corrected chi connectivity index (χ3v) is 4.73. The summed E-state index contributed by atoms with van der Waals surface area (Å²) in [5, 5.41) is 3.09. The molecule has 1 heterocycles. The molecule has 0 aromatic rings. The van der Waals surface area contributed by atoms with Gasteiger partial charge in [-0.2, -0.15) is 0 Å². The molecule has 112 valence electrons. The minimum atomic E-state index is -3.14. The van der Waals surface area contributed by atoms with Crippen molar-refractivity contribution in [3.63, 3.8) is 0 Å². The van der Waals surface area contributed by atoms with Crippen LogP contribution in [0.1, 0.15) is 33.1 Å². The van der Waals surface area contributed by atoms with Crippen LogP contribution >= 0.6 is 0 Å². The van der Waals surface area contributed by atoms with Crippen molar-refractivity contribution in [1.29, 1.82) is 0 Å². The Hall–Kier alpha value is -0.660. The van der Waals surface area contributed by atoms with Gasteiger partial charge in [-0.1, -0.05) is 6.92 Å². The first-order chi connectivity index (χ1) is 8.98. The van der Waals surface area contributed by atoms with E-state index in [-0.39, 0.29) is 17.7 Å². The summed E-state index contributed by atoms with van der Waals surface area (Å²) in [6, 6.07) is -0.0300. The first-order valence-electron chi connectivity index (χ1n) is 6.97. The van der Waals surface area contributed by atoms with Crippen LogP contribution in [-0.4, -0.2) is 57.2 Å². The van der Waals surface area contributed by atoms with E-state index in [1.54, 1.807) is 11.8 Å². The van der Waals surface area contributed by atoms with Crippen LogP contribution in [0.25, 0.3) is 0 Å². The van der Waals surface area contributed by atoms with E-state index in [1.165, 1.54) is 0 Å². The van der Waals surface area contributed by atoms with E-state index in [0.29, 0.717) is 32.5 Å². The second kappa shape index (κ2) is 7.81. The molecule has 0 atom stereocenters. The monoisotopic (exact) mass is 291 g/mol. The van der Waals surface area contributed by atoms with Crippen molar-refractivity contribution in [2.75, 3.05) is 31.9 Å². The molecule has 2 N–H and O–H groups in total. The van der Waals surface area contributed by atoms with Gasteiger partial charge in [0.25, 0.3) is 0 Å². The SMILES string of the molecule is CCCNCC(=O)N1CCC(NS(=O)(=O)CC)CC1. The van der Waals surface area contributed by atoms with Gasteiger partial charge in [-0.25, -0.2) is 13.1 Å². The highest BCUT2D eigenvalue weighted by Crippen LogP contribution is 2.11. The number of piperidine rings is 1. The molecule has 1 amide bonds. The van der Waals surface area contributed by atoms with E-state index in [2.05, 4.69) is 17.0 Å². The van der Waals surface area contributed by atoms with Gasteiger partial charge < -0.3 is 10.2 Å². The molecule has 1 aliphatic rings. The fraction of sp³-hybridized carbons (Fsp3) is 0.917. The zero-order valence-electron chi connectivity index (χ0n) is 11.8. The molecular weight excluding hydrogens is 266 g/mol. The lowest BCUT2D eigenvalue weighted by Crippen LogP contribution is -2.48. The van der Waals surface area contributed by atoms with Gasteiger partial charge in [0.1, 0.15) is 0 Å². The second-order valence-corrected chi connectivity index (χ2v) is 6.90. The zero-order valence-corrected chi connectivity index (χ0v) is 12.6. The summed E-state index contributed by atoms with van der Waals surface area (Å²) < 4.78 is 25.6. The highest BCUT2D eigenvalue weighted by atomic mass is 32.2. The summed E-state index contributed by atoms with van der Waals surface area (Å²) in [6.07, 6.45) is 2.39. The first-order valence-corrected chi connectivity index (χ1v) is 8.62. The molecule has 0 saturated carbocycles. The summed E-state index contributed by atoms with van der Waals surface area (Å²) in [5.74, 6) is 0.206. The Balaban J connectivity index is 2.30. The molecule has 6 nitrogen and oxygen atoms in total. The Morgan fingerprint density at radius 2 is 1.89 bits per heavy atom. The van der Waals surface area contributed by atoms with Crippen molar-refractivity contribution >= 4 is 15.9 Å². The molecule has 0 aliphatic carbocycles. The van der Waals surface area contributed by atoms with Crippen LogP contribution in [0.2, 0.25) is 0 Å². The van der Waals surface area contributed by atoms with Crippen LogP contribution in [0.4, 0.5) is 0 Å². The van der Waals surface area contributed by atoms with E-state index in [1.807, 2.05) is 0 Å². The van der Waals surface area contributed by atoms with Gasteiger partial charge in [-0.05, 0) is 32.7 Å². The molecule has 0 aromatic heterocycles. The molecule has 1 saturated heterocycles. The standard InChI is InChI=1S/C12H25N3O3S/c1-3-7-13-10-12(16)15-8-5-11(6-9-15)14-19(17,18)4-2/h11,13-14H,3-10H2,1-2H3. The Morgan fingerprint density at radius 1 is 1.26 bits per heavy atom. The smallest absolute Gasteiger partial charge is 0.236 e. The number of carbonyl (C=O) groups is 1. The summed E-state index contributed by atoms with van der Waals surface area (Å²) >= 11 is 0. The minimum absolute atomic E-state index is 0.0300. The predicted molar refractivity (Wildman–Crippen MR) is 75.4 cm³/mol. The molecule has 0 radical (unpaired) electrons. The van der Waals surface area contributed by atoms with Crippen molar-refractivity contribution < 1.29 is 13.2 Å². The average Bonchev–Trinajstić information content (AvgIpc) is 2.39. The van der Waals surface area contributed by atoms with Crippen LogP contribution in [0.3, 0.4) is 0 Å². The van der Waals surface area contributed by atoms with Crippen molar-refractivity contribution in [3.8, 4) is 0 Å². The van der Waals surface area contributed by atoms with E-state index in [0.717, 1.165) is 13.0 Å². The van der Waals surface area contributed by atoms with Gasteiger partial charge in [0.05, 0.1) is 12.3 Å². The summed E-state index contributed by atoms with van der Waals surface area (Å²) in [4.78, 5) is 13.7. The maximum atomic E-state index is 11.8. The normalized spacial score (nSPS) is 17.7. The lowest BCUT2D eigenvalue weighted by atomic mass is 10.1. The number of nitrogens with one attached hydrogen (secondary N) is 2. The van der Waals surface area contributed by atoms with Crippen LogP contribution in [-0.2, 0) is 14.8 Å². The zero-order chi connectivity index (χ0) is 14.3. The van der Waals surface area contributed by atoms with Crippen molar-refractivity contribution in [2.45, 2.75) is 39.2 Å². The fourth-order valence-corrected chi connectivity index (χ4v) is 2.98. The highest BCUT2D eigenvalue weighted by Gasteiger charge is 2.24. The first kappa shape index (κ1) is 16.4. The number of hydrogen-bond acceptors (Lipinski definition) is 4. The van der Waals surface area contributed by atoms with Crippen molar-refractivity contribution in [1.82, 2.24) is 14.9 Å². The summed E-state index contributed by atoms with van der Waals surface area (Å²) in [7, 11) is -3.14. The molecule has 19 heavy (non-hydrogen) atoms. The van der Waals surface area contributed by atoms with Crippen LogP contribution in [0.15, 0.2) is 0 Å². The Morgan fingerprint density at radius 3 is 2.42 bits per heavy atom. The molecule has 7 heteroatoms. The van der Waals surface area contributed by atoms with E-state index in [9.17, 15) is 13.2 Å². The number of nitrogens with zero attached hydrogens (tertiary/aromatic N) is 1. The maximum absolute atomic E-state index is 11.8. The quantitative estimate of drug-likeness (QED) is 0.643. The van der Waals surface area contributed by atoms with Gasteiger partial charge in [0.2, 0.25) is 15.9 Å². The third kappa shape index (κ3) is 5.88. The molecular formula is C12H25N3O3S. The Labute approximate surface area is 116 Å². The molecule has 1 fully saturated rings. The van der Waals surface area contributed by atoms with Crippen molar-refractivity contribution in [3.05, 3.63) is 0 Å². The topological polar surface area (TPSA) is 78.5 Å². The Bertz CT molecular complexity index is 376. The molecule has 1 aliphatic heterocycles. The number of rotatable bonds is 7. The number of likely N-dealkylation sites (tertiary alicyclic amines) is 1. The lowest BCUT2D eigenvalue weighted by Gasteiger charge is -2.32. The molecule has 1 rings (SSSR count). The van der Waals surface area contributed by atoms with Gasteiger partial charge in [-0.15, -0.1) is 0 Å². The van der Waals surface area contributed by atoms with Crippen LogP contribution < -0.4 is 10.0 Å². The largest absolute Gasteiger partial charge is 0.341 e. The van der Waals surface area contributed by atoms with Crippen LogP contribution in [0, 0.1) is 0 Å². The van der Waals surface area contributed by atoms with E-state index in [4.69, 9.17) is 0 Å². The molecule has 0 spiro atoms. The lowest BCUT2D eigenvalue weighted by molar-refractivity contribution is -0.131. The van der Waals surface area contributed by atoms with Crippen molar-refractivity contribution in [2.24, 2.45) is 0 Å². The third-order valence-electron chi connectivity index (χ3n) is 3.28. The van der Waals surface area contributed by atoms with E-state index >= 15 is 0 Å². The van der Waals surface area contributed by atoms with E-state index < -0.39 is 10.0 Å². The highest BCUT2D eigenvalue weighted by molar-refractivity contribution is 7.89. The average molecular weight is 291 g/mol. The molecule has 0 aromatic carbocycles. The van der Waals surface area contributed by atoms with Gasteiger partial charge in [0, 0.05) is 19.1 Å². The van der Waals surface area contributed by atoms with Gasteiger partial charge in [0.15, 0.2) is 0 Å². The number of carbonyl (C=O) groups excluding carboxylic acids is 1. The molecule has 0 unspecified atom stereocenters. The predicted octanol–water partition coefficient (Wildman–Crippen LogP) is -0.0837. The fourth-order valence-electron chi connectivity index (χ4n) is 2.07. The second-order valence-electron chi connectivity index (χ2n) is 4.85. The molecule has 0 bridgehead atoms. The minimum Gasteiger partial charge on any atom is -0.341 e. The maximum Gasteiger partial charge on any atom is 0.236 e. The number of amides is 1. The summed E-state index contributed by atoms with van der Waals surface area (Å²) in [5.41, 5.74) is 0. The number of sulfonamides is 1.